The average molecular weight is 362 g/mol. The van der Waals surface area contributed by atoms with E-state index in [1.54, 1.807) is 0 Å². The van der Waals surface area contributed by atoms with Gasteiger partial charge in [-0.1, -0.05) is 29.4 Å². The summed E-state index contributed by atoms with van der Waals surface area (Å²) < 4.78 is 5.32. The number of aliphatic hydroxyl groups excluding tert-OH is 1. The number of benzene rings is 1. The summed E-state index contributed by atoms with van der Waals surface area (Å²) in [5.41, 5.74) is 1.82. The molecule has 1 fully saturated rings. The second-order valence-corrected chi connectivity index (χ2v) is 7.19. The normalized spacial score (nSPS) is 23.5. The summed E-state index contributed by atoms with van der Waals surface area (Å²) >= 11 is 1.49. The molecule has 2 aromatic rings. The fourth-order valence-corrected chi connectivity index (χ4v) is 3.81. The van der Waals surface area contributed by atoms with Crippen molar-refractivity contribution in [1.82, 2.24) is 20.8 Å². The Balaban J connectivity index is 1.58. The van der Waals surface area contributed by atoms with E-state index in [0.29, 0.717) is 23.9 Å². The highest BCUT2D eigenvalue weighted by molar-refractivity contribution is 7.99. The minimum Gasteiger partial charge on any atom is -0.396 e. The quantitative estimate of drug-likeness (QED) is 0.719. The number of aryl methyl sites for hydroxylation is 1. The molecular weight excluding hydrogens is 340 g/mol. The van der Waals surface area contributed by atoms with Crippen molar-refractivity contribution in [2.75, 3.05) is 6.61 Å². The summed E-state index contributed by atoms with van der Waals surface area (Å²) in [6.07, 6.45) is 0.459. The molecule has 3 unspecified atom stereocenters. The third kappa shape index (κ3) is 4.20. The van der Waals surface area contributed by atoms with E-state index in [1.807, 2.05) is 38.1 Å². The van der Waals surface area contributed by atoms with Gasteiger partial charge in [0.1, 0.15) is 5.50 Å². The van der Waals surface area contributed by atoms with E-state index in [-0.39, 0.29) is 30.0 Å². The van der Waals surface area contributed by atoms with Gasteiger partial charge in [-0.3, -0.25) is 10.1 Å². The lowest BCUT2D eigenvalue weighted by Crippen LogP contribution is -2.59. The van der Waals surface area contributed by atoms with Crippen LogP contribution in [0.5, 0.6) is 0 Å². The molecule has 1 aliphatic rings. The van der Waals surface area contributed by atoms with E-state index < -0.39 is 0 Å². The number of hydrogen-bond acceptors (Lipinski definition) is 7. The summed E-state index contributed by atoms with van der Waals surface area (Å²) in [6, 6.07) is 7.88. The molecule has 1 aliphatic heterocycles. The molecule has 0 spiro atoms. The van der Waals surface area contributed by atoms with Crippen LogP contribution in [0.1, 0.15) is 24.8 Å². The van der Waals surface area contributed by atoms with Gasteiger partial charge in [-0.25, -0.2) is 0 Å². The molecule has 1 aromatic carbocycles. The van der Waals surface area contributed by atoms with Crippen LogP contribution < -0.4 is 10.6 Å². The van der Waals surface area contributed by atoms with Crippen molar-refractivity contribution in [2.45, 2.75) is 37.6 Å². The Bertz CT molecular complexity index is 736. The van der Waals surface area contributed by atoms with Crippen LogP contribution >= 0.6 is 11.8 Å². The van der Waals surface area contributed by atoms with Crippen LogP contribution in [-0.2, 0) is 10.5 Å². The molecule has 1 aromatic heterocycles. The largest absolute Gasteiger partial charge is 0.396 e. The van der Waals surface area contributed by atoms with E-state index in [1.165, 1.54) is 11.8 Å². The van der Waals surface area contributed by atoms with Crippen LogP contribution in [0.2, 0.25) is 0 Å². The van der Waals surface area contributed by atoms with Gasteiger partial charge in [-0.05, 0) is 25.8 Å². The molecule has 3 atom stereocenters. The molecule has 0 aliphatic carbocycles. The number of rotatable bonds is 6. The lowest BCUT2D eigenvalue weighted by atomic mass is 9.95. The Morgan fingerprint density at radius 2 is 2.16 bits per heavy atom. The smallest absolute Gasteiger partial charge is 0.237 e. The van der Waals surface area contributed by atoms with Gasteiger partial charge in [0.15, 0.2) is 0 Å². The number of thioether (sulfide) groups is 1. The Kier molecular flexibility index (Phi) is 5.72. The standard InChI is InChI=1S/C17H22N4O3S/c1-10-5-3-4-6-12(10)15-19-14(24-21-15)9-25-17-18-11(2)13(7-8-22)16(23)20-17/h3-6,11,13,17-18,22H,7-9H2,1-2H3,(H,20,23). The average Bonchev–Trinajstić information content (AvgIpc) is 3.05. The fourth-order valence-electron chi connectivity index (χ4n) is 2.87. The Labute approximate surface area is 150 Å². The zero-order valence-corrected chi connectivity index (χ0v) is 15.0. The van der Waals surface area contributed by atoms with Crippen molar-refractivity contribution in [1.29, 1.82) is 0 Å². The number of carbonyl (C=O) groups is 1. The van der Waals surface area contributed by atoms with Crippen LogP contribution in [0.25, 0.3) is 11.4 Å². The van der Waals surface area contributed by atoms with Gasteiger partial charge >= 0.3 is 0 Å². The van der Waals surface area contributed by atoms with Crippen LogP contribution in [0.15, 0.2) is 28.8 Å². The molecule has 0 saturated carbocycles. The van der Waals surface area contributed by atoms with Gasteiger partial charge < -0.3 is 14.9 Å². The molecule has 3 rings (SSSR count). The first-order valence-corrected chi connectivity index (χ1v) is 9.31. The maximum atomic E-state index is 12.1. The van der Waals surface area contributed by atoms with Gasteiger partial charge in [0, 0.05) is 18.2 Å². The second-order valence-electron chi connectivity index (χ2n) is 6.10. The minimum atomic E-state index is -0.216. The maximum absolute atomic E-state index is 12.1. The van der Waals surface area contributed by atoms with Crippen LogP contribution in [0, 0.1) is 12.8 Å². The van der Waals surface area contributed by atoms with Gasteiger partial charge in [0.05, 0.1) is 11.7 Å². The predicted molar refractivity (Wildman–Crippen MR) is 95.5 cm³/mol. The monoisotopic (exact) mass is 362 g/mol. The van der Waals surface area contributed by atoms with Crippen molar-refractivity contribution in [3.8, 4) is 11.4 Å². The maximum Gasteiger partial charge on any atom is 0.237 e. The fraction of sp³-hybridized carbons (Fsp3) is 0.471. The third-order valence-electron chi connectivity index (χ3n) is 4.30. The van der Waals surface area contributed by atoms with Crippen LogP contribution in [0.3, 0.4) is 0 Å². The second kappa shape index (κ2) is 7.99. The lowest BCUT2D eigenvalue weighted by Gasteiger charge is -2.34. The van der Waals surface area contributed by atoms with E-state index in [4.69, 9.17) is 9.63 Å². The van der Waals surface area contributed by atoms with Gasteiger partial charge in [-0.2, -0.15) is 4.98 Å². The van der Waals surface area contributed by atoms with E-state index in [2.05, 4.69) is 20.8 Å². The highest BCUT2D eigenvalue weighted by atomic mass is 32.2. The van der Waals surface area contributed by atoms with Gasteiger partial charge in [-0.15, -0.1) is 11.8 Å². The Morgan fingerprint density at radius 3 is 2.88 bits per heavy atom. The number of aliphatic hydroxyl groups is 1. The Morgan fingerprint density at radius 1 is 1.36 bits per heavy atom. The zero-order chi connectivity index (χ0) is 17.8. The summed E-state index contributed by atoms with van der Waals surface area (Å²) in [4.78, 5) is 16.6. The molecular formula is C17H22N4O3S. The first-order chi connectivity index (χ1) is 12.1. The number of carbonyl (C=O) groups excluding carboxylic acids is 1. The molecule has 2 heterocycles. The Hall–Kier alpha value is -1.90. The third-order valence-corrected chi connectivity index (χ3v) is 5.30. The topological polar surface area (TPSA) is 100 Å². The number of aromatic nitrogens is 2. The van der Waals surface area contributed by atoms with E-state index in [0.717, 1.165) is 11.1 Å². The highest BCUT2D eigenvalue weighted by Gasteiger charge is 2.33. The van der Waals surface area contributed by atoms with Crippen molar-refractivity contribution < 1.29 is 14.4 Å². The zero-order valence-electron chi connectivity index (χ0n) is 14.2. The lowest BCUT2D eigenvalue weighted by molar-refractivity contribution is -0.128. The van der Waals surface area contributed by atoms with Crippen LogP contribution in [0.4, 0.5) is 0 Å². The molecule has 7 nitrogen and oxygen atoms in total. The first kappa shape index (κ1) is 17.9. The molecule has 1 saturated heterocycles. The van der Waals surface area contributed by atoms with E-state index >= 15 is 0 Å². The SMILES string of the molecule is Cc1ccccc1-c1noc(CSC2NC(=O)C(CCO)C(C)N2)n1. The number of nitrogens with one attached hydrogen (secondary N) is 2. The summed E-state index contributed by atoms with van der Waals surface area (Å²) in [5, 5.41) is 19.3. The molecule has 25 heavy (non-hydrogen) atoms. The summed E-state index contributed by atoms with van der Waals surface area (Å²) in [5.74, 6) is 1.34. The minimum absolute atomic E-state index is 0.00335. The van der Waals surface area contributed by atoms with Crippen molar-refractivity contribution in [3.63, 3.8) is 0 Å². The number of hydrogen-bond donors (Lipinski definition) is 3. The summed E-state index contributed by atoms with van der Waals surface area (Å²) in [6.45, 7) is 3.97. The highest BCUT2D eigenvalue weighted by Crippen LogP contribution is 2.24. The summed E-state index contributed by atoms with van der Waals surface area (Å²) in [7, 11) is 0. The molecule has 3 N–H and O–H groups in total. The van der Waals surface area contributed by atoms with Crippen molar-refractivity contribution >= 4 is 17.7 Å². The first-order valence-electron chi connectivity index (χ1n) is 8.26. The molecule has 134 valence electrons. The van der Waals surface area contributed by atoms with Crippen molar-refractivity contribution in [2.24, 2.45) is 5.92 Å². The molecule has 0 radical (unpaired) electrons. The van der Waals surface area contributed by atoms with Crippen molar-refractivity contribution in [3.05, 3.63) is 35.7 Å². The molecule has 1 amide bonds. The van der Waals surface area contributed by atoms with Gasteiger partial charge in [0.2, 0.25) is 17.6 Å². The predicted octanol–water partition coefficient (Wildman–Crippen LogP) is 1.67. The number of amides is 1. The molecule has 8 heteroatoms. The van der Waals surface area contributed by atoms with E-state index in [9.17, 15) is 4.79 Å². The molecule has 0 bridgehead atoms. The number of nitrogens with zero attached hydrogens (tertiary/aromatic N) is 2. The van der Waals surface area contributed by atoms with Crippen LogP contribution in [-0.4, -0.2) is 39.3 Å². The van der Waals surface area contributed by atoms with Gasteiger partial charge in [0.25, 0.3) is 0 Å².